The van der Waals surface area contributed by atoms with Gasteiger partial charge in [0.2, 0.25) is 0 Å². The van der Waals surface area contributed by atoms with Gasteiger partial charge in [-0.2, -0.15) is 5.26 Å². The quantitative estimate of drug-likeness (QED) is 0.256. The van der Waals surface area contributed by atoms with Crippen molar-refractivity contribution in [1.82, 2.24) is 0 Å². The van der Waals surface area contributed by atoms with Crippen molar-refractivity contribution in [3.63, 3.8) is 0 Å². The van der Waals surface area contributed by atoms with Crippen molar-refractivity contribution >= 4 is 45.2 Å². The average molecular weight is 526 g/mol. The highest BCUT2D eigenvalue weighted by Gasteiger charge is 2.15. The van der Waals surface area contributed by atoms with E-state index in [0.717, 1.165) is 11.1 Å². The summed E-state index contributed by atoms with van der Waals surface area (Å²) in [6.07, 6.45) is 1.49. The van der Waals surface area contributed by atoms with Crippen LogP contribution in [0.2, 0.25) is 5.02 Å². The summed E-state index contributed by atoms with van der Waals surface area (Å²) in [5.41, 5.74) is 3.16. The van der Waals surface area contributed by atoms with E-state index >= 15 is 0 Å². The first-order valence-electron chi connectivity index (χ1n) is 10.2. The highest BCUT2D eigenvalue weighted by Crippen LogP contribution is 2.38. The molecule has 0 fully saturated rings. The van der Waals surface area contributed by atoms with Crippen LogP contribution in [0.4, 0.5) is 5.69 Å². The predicted molar refractivity (Wildman–Crippen MR) is 134 cm³/mol. The van der Waals surface area contributed by atoms with Crippen LogP contribution in [0.15, 0.2) is 70.7 Å². The number of nitrogens with one attached hydrogen (secondary N) is 1. The second kappa shape index (κ2) is 11.6. The molecule has 0 spiro atoms. The number of nitrogens with zero attached hydrogens (tertiary/aromatic N) is 1. The molecule has 0 heterocycles. The lowest BCUT2D eigenvalue weighted by atomic mass is 10.1. The van der Waals surface area contributed by atoms with Gasteiger partial charge in [0.1, 0.15) is 18.2 Å². The maximum atomic E-state index is 12.6. The first-order valence-corrected chi connectivity index (χ1v) is 11.4. The number of carbonyl (C=O) groups excluding carboxylic acids is 1. The fraction of sp³-hybridized carbons (Fsp3) is 0.154. The van der Waals surface area contributed by atoms with Crippen LogP contribution < -0.4 is 14.8 Å². The third-order valence-corrected chi connectivity index (χ3v) is 5.51. The lowest BCUT2D eigenvalue weighted by Gasteiger charge is -2.15. The van der Waals surface area contributed by atoms with Crippen LogP contribution in [0.5, 0.6) is 11.5 Å². The number of benzene rings is 3. The fourth-order valence-corrected chi connectivity index (χ4v) is 3.86. The van der Waals surface area contributed by atoms with Gasteiger partial charge in [-0.25, -0.2) is 0 Å². The molecule has 0 bridgehead atoms. The molecule has 0 aliphatic heterocycles. The van der Waals surface area contributed by atoms with E-state index in [0.29, 0.717) is 45.5 Å². The van der Waals surface area contributed by atoms with Gasteiger partial charge < -0.3 is 14.8 Å². The van der Waals surface area contributed by atoms with Crippen LogP contribution in [0.3, 0.4) is 0 Å². The summed E-state index contributed by atoms with van der Waals surface area (Å²) in [5, 5.41) is 12.6. The van der Waals surface area contributed by atoms with E-state index in [-0.39, 0.29) is 5.57 Å². The number of para-hydroxylation sites is 1. The molecule has 0 aromatic heterocycles. The zero-order valence-corrected chi connectivity index (χ0v) is 20.5. The number of halogens is 2. The molecule has 0 aliphatic rings. The number of aryl methyl sites for hydroxylation is 1. The summed E-state index contributed by atoms with van der Waals surface area (Å²) in [6, 6.07) is 20.4. The van der Waals surface area contributed by atoms with E-state index < -0.39 is 5.91 Å². The fourth-order valence-electron chi connectivity index (χ4n) is 3.10. The molecule has 0 atom stereocenters. The van der Waals surface area contributed by atoms with Crippen LogP contribution in [0, 0.1) is 18.3 Å². The minimum Gasteiger partial charge on any atom is -0.490 e. The molecule has 3 aromatic rings. The number of anilines is 1. The summed E-state index contributed by atoms with van der Waals surface area (Å²) in [5.74, 6) is 0.503. The van der Waals surface area contributed by atoms with Crippen LogP contribution in [-0.2, 0) is 11.4 Å². The first kappa shape index (κ1) is 24.4. The molecule has 3 aromatic carbocycles. The van der Waals surface area contributed by atoms with Crippen molar-refractivity contribution in [2.24, 2.45) is 0 Å². The van der Waals surface area contributed by atoms with Crippen molar-refractivity contribution in [2.45, 2.75) is 20.5 Å². The van der Waals surface area contributed by atoms with Gasteiger partial charge in [-0.3, -0.25) is 4.79 Å². The molecule has 168 valence electrons. The van der Waals surface area contributed by atoms with Gasteiger partial charge in [0.15, 0.2) is 11.5 Å². The van der Waals surface area contributed by atoms with E-state index in [1.165, 1.54) is 6.08 Å². The van der Waals surface area contributed by atoms with Gasteiger partial charge in [-0.1, -0.05) is 53.6 Å². The van der Waals surface area contributed by atoms with Gasteiger partial charge in [0.05, 0.1) is 21.8 Å². The minimum atomic E-state index is -0.556. The van der Waals surface area contributed by atoms with E-state index in [1.807, 2.05) is 38.1 Å². The van der Waals surface area contributed by atoms with Crippen LogP contribution in [0.25, 0.3) is 6.08 Å². The first-order chi connectivity index (χ1) is 15.9. The zero-order valence-electron chi connectivity index (χ0n) is 18.2. The van der Waals surface area contributed by atoms with Crippen molar-refractivity contribution < 1.29 is 14.3 Å². The van der Waals surface area contributed by atoms with Gasteiger partial charge in [0, 0.05) is 0 Å². The molecule has 5 nitrogen and oxygen atoms in total. The maximum Gasteiger partial charge on any atom is 0.266 e. The van der Waals surface area contributed by atoms with Crippen LogP contribution in [-0.4, -0.2) is 12.5 Å². The number of nitriles is 1. The third kappa shape index (κ3) is 6.61. The molecular weight excluding hydrogens is 504 g/mol. The highest BCUT2D eigenvalue weighted by molar-refractivity contribution is 9.10. The van der Waals surface area contributed by atoms with Crippen molar-refractivity contribution in [1.29, 1.82) is 5.26 Å². The van der Waals surface area contributed by atoms with Crippen LogP contribution >= 0.6 is 27.5 Å². The Balaban J connectivity index is 1.86. The summed E-state index contributed by atoms with van der Waals surface area (Å²) in [6.45, 7) is 4.71. The minimum absolute atomic E-state index is 0.0716. The smallest absolute Gasteiger partial charge is 0.266 e. The van der Waals surface area contributed by atoms with E-state index in [9.17, 15) is 10.1 Å². The van der Waals surface area contributed by atoms with Gasteiger partial charge in [-0.15, -0.1) is 0 Å². The number of amides is 1. The monoisotopic (exact) mass is 524 g/mol. The number of hydrogen-bond acceptors (Lipinski definition) is 4. The maximum absolute atomic E-state index is 12.6. The molecule has 3 rings (SSSR count). The number of ether oxygens (including phenoxy) is 2. The molecule has 0 saturated carbocycles. The molecule has 1 N–H and O–H groups in total. The Morgan fingerprint density at radius 1 is 1.15 bits per heavy atom. The normalized spacial score (nSPS) is 10.9. The third-order valence-electron chi connectivity index (χ3n) is 4.60. The number of rotatable bonds is 8. The number of carbonyl (C=O) groups is 1. The number of hydrogen-bond donors (Lipinski definition) is 1. The molecule has 0 unspecified atom stereocenters. The van der Waals surface area contributed by atoms with Gasteiger partial charge in [-0.05, 0) is 71.2 Å². The molecule has 0 radical (unpaired) electrons. The van der Waals surface area contributed by atoms with E-state index in [1.54, 1.807) is 36.4 Å². The molecular formula is C26H22BrClN2O3. The Morgan fingerprint density at radius 2 is 1.94 bits per heavy atom. The molecule has 0 saturated heterocycles. The molecule has 1 amide bonds. The van der Waals surface area contributed by atoms with Crippen molar-refractivity contribution in [3.8, 4) is 17.6 Å². The standard InChI is InChI=1S/C26H22BrClN2O3/c1-3-32-24-14-19(12-20(15-29)26(31)30-23-10-5-4-9-22(23)28)13-21(27)25(24)33-16-18-8-6-7-17(2)11-18/h4-14H,3,16H2,1-2H3,(H,30,31)/b20-12+. The summed E-state index contributed by atoms with van der Waals surface area (Å²) in [4.78, 5) is 12.6. The van der Waals surface area contributed by atoms with Gasteiger partial charge >= 0.3 is 0 Å². The molecule has 0 aliphatic carbocycles. The Bertz CT molecular complexity index is 1230. The topological polar surface area (TPSA) is 71.3 Å². The second-order valence-corrected chi connectivity index (χ2v) is 8.41. The SMILES string of the molecule is CCOc1cc(/C=C(\C#N)C(=O)Nc2ccccc2Cl)cc(Br)c1OCc1cccc(C)c1. The Kier molecular flexibility index (Phi) is 8.53. The summed E-state index contributed by atoms with van der Waals surface area (Å²) < 4.78 is 12.5. The van der Waals surface area contributed by atoms with Crippen molar-refractivity contribution in [2.75, 3.05) is 11.9 Å². The molecule has 33 heavy (non-hydrogen) atoms. The van der Waals surface area contributed by atoms with Crippen LogP contribution in [0.1, 0.15) is 23.6 Å². The zero-order chi connectivity index (χ0) is 23.8. The Hall–Kier alpha value is -3.27. The lowest BCUT2D eigenvalue weighted by molar-refractivity contribution is -0.112. The summed E-state index contributed by atoms with van der Waals surface area (Å²) >= 11 is 9.63. The van der Waals surface area contributed by atoms with Crippen molar-refractivity contribution in [3.05, 3.63) is 92.4 Å². The Labute approximate surface area is 206 Å². The summed E-state index contributed by atoms with van der Waals surface area (Å²) in [7, 11) is 0. The average Bonchev–Trinajstić information content (AvgIpc) is 2.78. The second-order valence-electron chi connectivity index (χ2n) is 7.14. The predicted octanol–water partition coefficient (Wildman–Crippen LogP) is 6.93. The molecule has 7 heteroatoms. The Morgan fingerprint density at radius 3 is 2.64 bits per heavy atom. The lowest BCUT2D eigenvalue weighted by Crippen LogP contribution is -2.13. The largest absolute Gasteiger partial charge is 0.490 e. The highest BCUT2D eigenvalue weighted by atomic mass is 79.9. The van der Waals surface area contributed by atoms with E-state index in [4.69, 9.17) is 21.1 Å². The van der Waals surface area contributed by atoms with E-state index in [2.05, 4.69) is 27.3 Å². The van der Waals surface area contributed by atoms with Gasteiger partial charge in [0.25, 0.3) is 5.91 Å².